The van der Waals surface area contributed by atoms with Crippen molar-refractivity contribution < 1.29 is 9.53 Å². The van der Waals surface area contributed by atoms with Gasteiger partial charge in [-0.2, -0.15) is 0 Å². The summed E-state index contributed by atoms with van der Waals surface area (Å²) in [5, 5.41) is 0. The molecule has 1 unspecified atom stereocenters. The van der Waals surface area contributed by atoms with Crippen LogP contribution < -0.4 is 0 Å². The Hall–Kier alpha value is -1.31. The van der Waals surface area contributed by atoms with E-state index in [0.717, 1.165) is 12.8 Å². The van der Waals surface area contributed by atoms with Crippen molar-refractivity contribution in [2.24, 2.45) is 17.3 Å². The smallest absolute Gasteiger partial charge is 0.333 e. The molecule has 0 aromatic rings. The van der Waals surface area contributed by atoms with Crippen LogP contribution >= 0.6 is 0 Å². The number of hydrogen-bond acceptors (Lipinski definition) is 2. The van der Waals surface area contributed by atoms with Crippen molar-refractivity contribution in [3.63, 3.8) is 0 Å². The van der Waals surface area contributed by atoms with Gasteiger partial charge < -0.3 is 4.74 Å². The minimum Gasteiger partial charge on any atom is -0.462 e. The molecule has 1 saturated carbocycles. The molecule has 0 aromatic heterocycles. The molecule has 0 aromatic carbocycles. The summed E-state index contributed by atoms with van der Waals surface area (Å²) in [7, 11) is 0. The monoisotopic (exact) mass is 274 g/mol. The van der Waals surface area contributed by atoms with Gasteiger partial charge in [0.15, 0.2) is 0 Å². The summed E-state index contributed by atoms with van der Waals surface area (Å²) in [6.45, 7) is 15.0. The van der Waals surface area contributed by atoms with Crippen LogP contribution in [0, 0.1) is 17.3 Å². The molecule has 2 nitrogen and oxygen atoms in total. The first kappa shape index (κ1) is 15.1. The number of carbonyl (C=O) groups is 1. The maximum Gasteiger partial charge on any atom is 0.333 e. The third kappa shape index (κ3) is 2.06. The van der Waals surface area contributed by atoms with Crippen LogP contribution in [-0.4, -0.2) is 12.6 Å². The second-order valence-electron chi connectivity index (χ2n) is 6.46. The van der Waals surface area contributed by atoms with Crippen LogP contribution in [-0.2, 0) is 9.53 Å². The van der Waals surface area contributed by atoms with Gasteiger partial charge >= 0.3 is 5.97 Å². The van der Waals surface area contributed by atoms with Crippen molar-refractivity contribution in [3.8, 4) is 0 Å². The van der Waals surface area contributed by atoms with Crippen molar-refractivity contribution >= 4 is 5.97 Å². The summed E-state index contributed by atoms with van der Waals surface area (Å²) in [4.78, 5) is 11.8. The van der Waals surface area contributed by atoms with Crippen LogP contribution in [0.4, 0.5) is 0 Å². The molecule has 2 aliphatic rings. The number of rotatable bonds is 4. The fourth-order valence-electron chi connectivity index (χ4n) is 4.09. The summed E-state index contributed by atoms with van der Waals surface area (Å²) in [5.41, 5.74) is 4.96. The maximum atomic E-state index is 11.8. The molecular weight excluding hydrogens is 248 g/mol. The molecule has 0 spiro atoms. The fourth-order valence-corrected chi connectivity index (χ4v) is 4.09. The molecule has 0 aliphatic heterocycles. The highest BCUT2D eigenvalue weighted by Gasteiger charge is 2.54. The predicted octanol–water partition coefficient (Wildman–Crippen LogP) is 4.43. The number of esters is 1. The summed E-state index contributed by atoms with van der Waals surface area (Å²) in [6, 6.07) is 0. The molecule has 2 bridgehead atoms. The zero-order valence-electron chi connectivity index (χ0n) is 13.4. The number of hydrogen-bond donors (Lipinski definition) is 0. The van der Waals surface area contributed by atoms with Crippen molar-refractivity contribution in [1.82, 2.24) is 0 Å². The van der Waals surface area contributed by atoms with Crippen LogP contribution in [0.3, 0.4) is 0 Å². The topological polar surface area (TPSA) is 26.3 Å². The standard InChI is InChI=1S/C18H26O2/c1-7-12(4)17(19)20-10-16-8-15-9-18(16,11(2)3)14(6)13(15)5/h7,15-16H,2,8-10H2,1,3-6H3/b12-7-/t15?,16-,18+/m0/s1. The molecular formula is C18H26O2. The first-order valence-electron chi connectivity index (χ1n) is 7.48. The normalized spacial score (nSPS) is 32.8. The van der Waals surface area contributed by atoms with Gasteiger partial charge in [0.1, 0.15) is 0 Å². The Bertz CT molecular complexity index is 510. The van der Waals surface area contributed by atoms with E-state index in [-0.39, 0.29) is 11.4 Å². The Morgan fingerprint density at radius 2 is 2.10 bits per heavy atom. The Labute approximate surface area is 122 Å². The zero-order chi connectivity index (χ0) is 15.1. The van der Waals surface area contributed by atoms with Gasteiger partial charge in [-0.25, -0.2) is 4.79 Å². The summed E-state index contributed by atoms with van der Waals surface area (Å²) < 4.78 is 5.52. The van der Waals surface area contributed by atoms with E-state index < -0.39 is 0 Å². The van der Waals surface area contributed by atoms with Crippen molar-refractivity contribution in [1.29, 1.82) is 0 Å². The highest BCUT2D eigenvalue weighted by molar-refractivity contribution is 5.87. The third-order valence-corrected chi connectivity index (χ3v) is 5.64. The molecule has 0 radical (unpaired) electrons. The first-order chi connectivity index (χ1) is 9.34. The molecule has 1 fully saturated rings. The summed E-state index contributed by atoms with van der Waals surface area (Å²) in [6.07, 6.45) is 4.08. The Morgan fingerprint density at radius 1 is 1.45 bits per heavy atom. The SMILES string of the molecule is C=C(C)[C@@]12CC(C[C@H]1COC(=O)/C(C)=C\C)C(C)=C2C. The average molecular weight is 274 g/mol. The molecule has 20 heavy (non-hydrogen) atoms. The molecule has 0 saturated heterocycles. The highest BCUT2D eigenvalue weighted by Crippen LogP contribution is 2.63. The van der Waals surface area contributed by atoms with E-state index in [9.17, 15) is 4.79 Å². The van der Waals surface area contributed by atoms with Gasteiger partial charge in [0, 0.05) is 16.9 Å². The van der Waals surface area contributed by atoms with E-state index in [4.69, 9.17) is 4.74 Å². The minimum atomic E-state index is -0.189. The molecule has 0 amide bonds. The lowest BCUT2D eigenvalue weighted by Gasteiger charge is -2.37. The largest absolute Gasteiger partial charge is 0.462 e. The predicted molar refractivity (Wildman–Crippen MR) is 82.2 cm³/mol. The van der Waals surface area contributed by atoms with E-state index >= 15 is 0 Å². The van der Waals surface area contributed by atoms with E-state index in [1.54, 1.807) is 13.0 Å². The summed E-state index contributed by atoms with van der Waals surface area (Å²) in [5.74, 6) is 0.853. The molecule has 0 N–H and O–H groups in total. The second-order valence-corrected chi connectivity index (χ2v) is 6.46. The molecule has 2 rings (SSSR count). The zero-order valence-corrected chi connectivity index (χ0v) is 13.4. The first-order valence-corrected chi connectivity index (χ1v) is 7.48. The van der Waals surface area contributed by atoms with E-state index in [2.05, 4.69) is 27.4 Å². The average Bonchev–Trinajstić information content (AvgIpc) is 2.92. The van der Waals surface area contributed by atoms with Crippen molar-refractivity contribution in [2.75, 3.05) is 6.61 Å². The molecule has 2 aliphatic carbocycles. The Kier molecular flexibility index (Phi) is 3.95. The number of fused-ring (bicyclic) bond motifs is 2. The van der Waals surface area contributed by atoms with Gasteiger partial charge in [-0.05, 0) is 53.4 Å². The van der Waals surface area contributed by atoms with Crippen LogP contribution in [0.15, 0.2) is 34.9 Å². The van der Waals surface area contributed by atoms with Gasteiger partial charge in [-0.15, -0.1) is 0 Å². The van der Waals surface area contributed by atoms with Gasteiger partial charge in [-0.3, -0.25) is 0 Å². The van der Waals surface area contributed by atoms with Crippen LogP contribution in [0.2, 0.25) is 0 Å². The van der Waals surface area contributed by atoms with Gasteiger partial charge in [-0.1, -0.05) is 29.4 Å². The fraction of sp³-hybridized carbons (Fsp3) is 0.611. The van der Waals surface area contributed by atoms with E-state index in [1.165, 1.54) is 16.7 Å². The molecule has 2 heteroatoms. The van der Waals surface area contributed by atoms with Crippen molar-refractivity contribution in [3.05, 3.63) is 34.9 Å². The summed E-state index contributed by atoms with van der Waals surface area (Å²) >= 11 is 0. The Morgan fingerprint density at radius 3 is 2.60 bits per heavy atom. The molecule has 0 heterocycles. The van der Waals surface area contributed by atoms with Gasteiger partial charge in [0.2, 0.25) is 0 Å². The second kappa shape index (κ2) is 5.23. The molecule has 110 valence electrons. The highest BCUT2D eigenvalue weighted by atomic mass is 16.5. The minimum absolute atomic E-state index is 0.0683. The maximum absolute atomic E-state index is 11.8. The van der Waals surface area contributed by atoms with Crippen LogP contribution in [0.1, 0.15) is 47.5 Å². The lowest BCUT2D eigenvalue weighted by Crippen LogP contribution is -2.32. The number of allylic oxidation sites excluding steroid dienone is 4. The van der Waals surface area contributed by atoms with Gasteiger partial charge in [0.05, 0.1) is 6.61 Å². The van der Waals surface area contributed by atoms with Gasteiger partial charge in [0.25, 0.3) is 0 Å². The molecule has 3 atom stereocenters. The number of ether oxygens (including phenoxy) is 1. The van der Waals surface area contributed by atoms with Crippen LogP contribution in [0.25, 0.3) is 0 Å². The third-order valence-electron chi connectivity index (χ3n) is 5.64. The lowest BCUT2D eigenvalue weighted by atomic mass is 9.68. The van der Waals surface area contributed by atoms with Crippen molar-refractivity contribution in [2.45, 2.75) is 47.5 Å². The van der Waals surface area contributed by atoms with E-state index in [0.29, 0.717) is 24.0 Å². The van der Waals surface area contributed by atoms with E-state index in [1.807, 2.05) is 6.92 Å². The number of carbonyl (C=O) groups excluding carboxylic acids is 1. The quantitative estimate of drug-likeness (QED) is 0.430. The van der Waals surface area contributed by atoms with Crippen LogP contribution in [0.5, 0.6) is 0 Å². The lowest BCUT2D eigenvalue weighted by molar-refractivity contribution is -0.141. The Balaban J connectivity index is 2.15.